The summed E-state index contributed by atoms with van der Waals surface area (Å²) in [5.74, 6) is 1.59. The number of allylic oxidation sites excluding steroid dienone is 1. The minimum atomic E-state index is -0.630. The standard InChI is InChI=1S/C27H28N4O4/c32-25(28-19-10-11-23-24(16-19)35-15-14-34-23)17-22-26(33)30(13-12-18-6-2-1-3-7-18)27-29-20-8-4-5-9-21(20)31(22)27/h4-6,8-11,16,22H,1-3,7,12-15,17H2,(H,28,32)/t22-/m1/s1. The van der Waals surface area contributed by atoms with Crippen molar-refractivity contribution < 1.29 is 19.1 Å². The fourth-order valence-corrected chi connectivity index (χ4v) is 5.20. The van der Waals surface area contributed by atoms with Gasteiger partial charge in [0.2, 0.25) is 11.9 Å². The van der Waals surface area contributed by atoms with Crippen LogP contribution >= 0.6 is 0 Å². The van der Waals surface area contributed by atoms with E-state index in [1.54, 1.807) is 23.1 Å². The molecule has 6 rings (SSSR count). The van der Waals surface area contributed by atoms with Crippen LogP contribution in [0.2, 0.25) is 0 Å². The predicted octanol–water partition coefficient (Wildman–Crippen LogP) is 4.61. The second kappa shape index (κ2) is 9.09. The van der Waals surface area contributed by atoms with Crippen LogP contribution < -0.4 is 19.7 Å². The van der Waals surface area contributed by atoms with Gasteiger partial charge >= 0.3 is 0 Å². The summed E-state index contributed by atoms with van der Waals surface area (Å²) >= 11 is 0. The Morgan fingerprint density at radius 3 is 2.80 bits per heavy atom. The monoisotopic (exact) mass is 472 g/mol. The normalized spacial score (nSPS) is 19.0. The number of carbonyl (C=O) groups excluding carboxylic acids is 2. The molecular weight excluding hydrogens is 444 g/mol. The average Bonchev–Trinajstić information content (AvgIpc) is 3.37. The molecule has 1 N–H and O–H groups in total. The van der Waals surface area contributed by atoms with E-state index in [1.807, 2.05) is 28.8 Å². The maximum Gasteiger partial charge on any atom is 0.253 e. The molecular formula is C27H28N4O4. The van der Waals surface area contributed by atoms with Gasteiger partial charge in [-0.25, -0.2) is 4.98 Å². The van der Waals surface area contributed by atoms with E-state index in [9.17, 15) is 9.59 Å². The summed E-state index contributed by atoms with van der Waals surface area (Å²) in [5.41, 5.74) is 3.72. The van der Waals surface area contributed by atoms with E-state index in [1.165, 1.54) is 18.4 Å². The van der Waals surface area contributed by atoms with E-state index in [0.717, 1.165) is 30.3 Å². The van der Waals surface area contributed by atoms with Gasteiger partial charge in [-0.15, -0.1) is 0 Å². The van der Waals surface area contributed by atoms with Crippen LogP contribution in [-0.2, 0) is 9.59 Å². The number of para-hydroxylation sites is 2. The van der Waals surface area contributed by atoms with Crippen molar-refractivity contribution in [2.45, 2.75) is 44.6 Å². The molecule has 3 aromatic rings. The Morgan fingerprint density at radius 1 is 1.09 bits per heavy atom. The molecule has 3 aliphatic rings. The van der Waals surface area contributed by atoms with Crippen molar-refractivity contribution in [1.82, 2.24) is 9.55 Å². The Morgan fingerprint density at radius 2 is 1.94 bits per heavy atom. The molecule has 0 saturated carbocycles. The number of hydrogen-bond donors (Lipinski definition) is 1. The third kappa shape index (κ3) is 4.13. The highest BCUT2D eigenvalue weighted by molar-refractivity contribution is 6.05. The molecule has 2 aliphatic heterocycles. The summed E-state index contributed by atoms with van der Waals surface area (Å²) in [6.07, 6.45) is 7.84. The first-order valence-electron chi connectivity index (χ1n) is 12.3. The first-order valence-corrected chi connectivity index (χ1v) is 12.3. The molecule has 0 spiro atoms. The van der Waals surface area contributed by atoms with Gasteiger partial charge in [0.15, 0.2) is 11.5 Å². The van der Waals surface area contributed by atoms with E-state index in [4.69, 9.17) is 14.5 Å². The molecule has 2 amide bonds. The zero-order valence-electron chi connectivity index (χ0n) is 19.5. The van der Waals surface area contributed by atoms with Gasteiger partial charge in [0.25, 0.3) is 5.91 Å². The second-order valence-electron chi connectivity index (χ2n) is 9.25. The lowest BCUT2D eigenvalue weighted by molar-refractivity contribution is -0.124. The van der Waals surface area contributed by atoms with E-state index in [-0.39, 0.29) is 18.2 Å². The molecule has 180 valence electrons. The summed E-state index contributed by atoms with van der Waals surface area (Å²) in [7, 11) is 0. The zero-order chi connectivity index (χ0) is 23.8. The highest BCUT2D eigenvalue weighted by atomic mass is 16.6. The van der Waals surface area contributed by atoms with Gasteiger partial charge in [-0.3, -0.25) is 19.1 Å². The van der Waals surface area contributed by atoms with Crippen molar-refractivity contribution in [3.05, 3.63) is 54.1 Å². The third-order valence-corrected chi connectivity index (χ3v) is 6.93. The lowest BCUT2D eigenvalue weighted by Gasteiger charge is -2.19. The summed E-state index contributed by atoms with van der Waals surface area (Å²) in [6, 6.07) is 12.5. The zero-order valence-corrected chi connectivity index (χ0v) is 19.5. The number of fused-ring (bicyclic) bond motifs is 4. The number of imidazole rings is 1. The molecule has 8 heteroatoms. The van der Waals surface area contributed by atoms with Crippen molar-refractivity contribution in [2.24, 2.45) is 0 Å². The van der Waals surface area contributed by atoms with E-state index < -0.39 is 6.04 Å². The lowest BCUT2D eigenvalue weighted by atomic mass is 9.97. The topological polar surface area (TPSA) is 85.7 Å². The molecule has 1 aromatic heterocycles. The molecule has 8 nitrogen and oxygen atoms in total. The number of rotatable bonds is 6. The van der Waals surface area contributed by atoms with Crippen LogP contribution in [0, 0.1) is 0 Å². The smallest absolute Gasteiger partial charge is 0.253 e. The van der Waals surface area contributed by atoms with Crippen molar-refractivity contribution in [2.75, 3.05) is 30.0 Å². The number of aromatic nitrogens is 2. The SMILES string of the molecule is O=C(C[C@@H]1C(=O)N(CCC2=CCCCC2)c2nc3ccccc3n21)Nc1ccc2c(c1)OCCO2. The fraction of sp³-hybridized carbons (Fsp3) is 0.370. The Balaban J connectivity index is 1.23. The van der Waals surface area contributed by atoms with E-state index in [0.29, 0.717) is 42.9 Å². The lowest BCUT2D eigenvalue weighted by Crippen LogP contribution is -2.32. The number of nitrogens with one attached hydrogen (secondary N) is 1. The summed E-state index contributed by atoms with van der Waals surface area (Å²) in [6.45, 7) is 1.57. The van der Waals surface area contributed by atoms with Gasteiger partial charge in [0.05, 0.1) is 17.5 Å². The van der Waals surface area contributed by atoms with Crippen LogP contribution in [0.15, 0.2) is 54.1 Å². The van der Waals surface area contributed by atoms with Crippen molar-refractivity contribution in [1.29, 1.82) is 0 Å². The average molecular weight is 473 g/mol. The summed E-state index contributed by atoms with van der Waals surface area (Å²) in [4.78, 5) is 33.1. The van der Waals surface area contributed by atoms with E-state index >= 15 is 0 Å². The van der Waals surface area contributed by atoms with Gasteiger partial charge in [-0.1, -0.05) is 23.8 Å². The molecule has 0 radical (unpaired) electrons. The van der Waals surface area contributed by atoms with Gasteiger partial charge in [-0.05, 0) is 56.4 Å². The minimum Gasteiger partial charge on any atom is -0.486 e. The number of ether oxygens (including phenoxy) is 2. The van der Waals surface area contributed by atoms with Crippen LogP contribution in [0.4, 0.5) is 11.6 Å². The highest BCUT2D eigenvalue weighted by Crippen LogP contribution is 2.38. The maximum absolute atomic E-state index is 13.5. The molecule has 3 heterocycles. The second-order valence-corrected chi connectivity index (χ2v) is 9.25. The molecule has 1 atom stereocenters. The van der Waals surface area contributed by atoms with Gasteiger partial charge in [0.1, 0.15) is 19.3 Å². The molecule has 0 unspecified atom stereocenters. The third-order valence-electron chi connectivity index (χ3n) is 6.93. The number of amides is 2. The van der Waals surface area contributed by atoms with Crippen molar-refractivity contribution >= 4 is 34.5 Å². The molecule has 0 saturated heterocycles. The van der Waals surface area contributed by atoms with E-state index in [2.05, 4.69) is 11.4 Å². The Kier molecular flexibility index (Phi) is 5.64. The van der Waals surface area contributed by atoms with Crippen LogP contribution in [0.5, 0.6) is 11.5 Å². The number of carbonyl (C=O) groups is 2. The number of hydrogen-bond acceptors (Lipinski definition) is 5. The van der Waals surface area contributed by atoms with Crippen molar-refractivity contribution in [3.63, 3.8) is 0 Å². The molecule has 0 fully saturated rings. The first kappa shape index (κ1) is 21.7. The number of anilines is 2. The number of benzene rings is 2. The minimum absolute atomic E-state index is 0.0276. The largest absolute Gasteiger partial charge is 0.486 e. The highest BCUT2D eigenvalue weighted by Gasteiger charge is 2.40. The maximum atomic E-state index is 13.5. The Bertz CT molecular complexity index is 1330. The van der Waals surface area contributed by atoms with Gasteiger partial charge in [0, 0.05) is 18.3 Å². The molecule has 2 aromatic carbocycles. The molecule has 35 heavy (non-hydrogen) atoms. The molecule has 0 bridgehead atoms. The van der Waals surface area contributed by atoms with Crippen LogP contribution in [0.25, 0.3) is 11.0 Å². The summed E-state index contributed by atoms with van der Waals surface area (Å²) in [5, 5.41) is 2.92. The van der Waals surface area contributed by atoms with Crippen LogP contribution in [0.1, 0.15) is 44.6 Å². The van der Waals surface area contributed by atoms with Gasteiger partial charge in [-0.2, -0.15) is 0 Å². The summed E-state index contributed by atoms with van der Waals surface area (Å²) < 4.78 is 13.1. The quantitative estimate of drug-likeness (QED) is 0.530. The van der Waals surface area contributed by atoms with Crippen molar-refractivity contribution in [3.8, 4) is 11.5 Å². The predicted molar refractivity (Wildman–Crippen MR) is 133 cm³/mol. The number of nitrogens with zero attached hydrogens (tertiary/aromatic N) is 3. The first-order chi connectivity index (χ1) is 17.2. The fourth-order valence-electron chi connectivity index (χ4n) is 5.20. The molecule has 1 aliphatic carbocycles. The van der Waals surface area contributed by atoms with Gasteiger partial charge < -0.3 is 14.8 Å². The van der Waals surface area contributed by atoms with Crippen LogP contribution in [0.3, 0.4) is 0 Å². The Labute approximate surface area is 203 Å². The van der Waals surface area contributed by atoms with Crippen LogP contribution in [-0.4, -0.2) is 41.1 Å². The Hall–Kier alpha value is -3.81.